The van der Waals surface area contributed by atoms with Gasteiger partial charge in [0, 0.05) is 0 Å². The van der Waals surface area contributed by atoms with Gasteiger partial charge < -0.3 is 9.47 Å². The van der Waals surface area contributed by atoms with Gasteiger partial charge >= 0.3 is 11.9 Å². The average molecular weight is 207 g/mol. The SMILES string of the molecule is COC(=O)[C](C(=O)OC)c1ccccc1. The fourth-order valence-electron chi connectivity index (χ4n) is 1.13. The summed E-state index contributed by atoms with van der Waals surface area (Å²) in [5.74, 6) is -1.50. The second kappa shape index (κ2) is 5.14. The number of carbonyl (C=O) groups excluding carboxylic acids is 2. The Labute approximate surface area is 87.8 Å². The van der Waals surface area contributed by atoms with Crippen LogP contribution < -0.4 is 0 Å². The predicted molar refractivity (Wildman–Crippen MR) is 52.8 cm³/mol. The fraction of sp³-hybridized carbons (Fsp3) is 0.182. The minimum atomic E-state index is -0.701. The lowest BCUT2D eigenvalue weighted by molar-refractivity contribution is -0.147. The number of methoxy groups -OCH3 is 2. The van der Waals surface area contributed by atoms with Crippen LogP contribution in [-0.4, -0.2) is 26.2 Å². The molecule has 0 aliphatic heterocycles. The topological polar surface area (TPSA) is 52.6 Å². The molecule has 0 bridgehead atoms. The lowest BCUT2D eigenvalue weighted by Crippen LogP contribution is -2.25. The van der Waals surface area contributed by atoms with E-state index < -0.39 is 11.9 Å². The van der Waals surface area contributed by atoms with Gasteiger partial charge in [-0.1, -0.05) is 30.3 Å². The molecular weight excluding hydrogens is 196 g/mol. The van der Waals surface area contributed by atoms with E-state index in [9.17, 15) is 9.59 Å². The van der Waals surface area contributed by atoms with Crippen LogP contribution in [0.25, 0.3) is 0 Å². The third kappa shape index (κ3) is 2.56. The van der Waals surface area contributed by atoms with E-state index >= 15 is 0 Å². The average Bonchev–Trinajstić information content (AvgIpc) is 2.30. The molecule has 15 heavy (non-hydrogen) atoms. The van der Waals surface area contributed by atoms with E-state index in [4.69, 9.17) is 0 Å². The highest BCUT2D eigenvalue weighted by atomic mass is 16.5. The van der Waals surface area contributed by atoms with Crippen LogP contribution in [0.2, 0.25) is 0 Å². The van der Waals surface area contributed by atoms with Crippen molar-refractivity contribution in [3.05, 3.63) is 41.8 Å². The van der Waals surface area contributed by atoms with Crippen LogP contribution in [0.3, 0.4) is 0 Å². The zero-order chi connectivity index (χ0) is 11.3. The Kier molecular flexibility index (Phi) is 3.85. The smallest absolute Gasteiger partial charge is 0.330 e. The summed E-state index contributed by atoms with van der Waals surface area (Å²) in [6, 6.07) is 8.52. The van der Waals surface area contributed by atoms with Crippen molar-refractivity contribution < 1.29 is 19.1 Å². The van der Waals surface area contributed by atoms with Crippen LogP contribution >= 0.6 is 0 Å². The number of ether oxygens (including phenoxy) is 2. The summed E-state index contributed by atoms with van der Waals surface area (Å²) in [6.07, 6.45) is 0. The molecule has 1 aromatic carbocycles. The van der Waals surface area contributed by atoms with Crippen LogP contribution in [0.1, 0.15) is 5.56 Å². The second-order valence-corrected chi connectivity index (χ2v) is 2.72. The molecule has 0 fully saturated rings. The summed E-state index contributed by atoms with van der Waals surface area (Å²) >= 11 is 0. The van der Waals surface area contributed by atoms with Crippen LogP contribution in [0.4, 0.5) is 0 Å². The zero-order valence-corrected chi connectivity index (χ0v) is 8.52. The van der Waals surface area contributed by atoms with Gasteiger partial charge in [0.25, 0.3) is 0 Å². The van der Waals surface area contributed by atoms with E-state index in [1.54, 1.807) is 30.3 Å². The largest absolute Gasteiger partial charge is 0.468 e. The van der Waals surface area contributed by atoms with Crippen molar-refractivity contribution in [3.63, 3.8) is 0 Å². The summed E-state index contributed by atoms with van der Waals surface area (Å²) < 4.78 is 9.03. The minimum Gasteiger partial charge on any atom is -0.468 e. The molecule has 0 heterocycles. The molecule has 0 N–H and O–H groups in total. The molecule has 1 rings (SSSR count). The van der Waals surface area contributed by atoms with E-state index in [1.807, 2.05) is 0 Å². The third-order valence-electron chi connectivity index (χ3n) is 1.84. The summed E-state index contributed by atoms with van der Waals surface area (Å²) in [7, 11) is 2.43. The van der Waals surface area contributed by atoms with Gasteiger partial charge in [0.15, 0.2) is 0 Å². The normalized spacial score (nSPS) is 9.80. The van der Waals surface area contributed by atoms with Crippen molar-refractivity contribution in [2.75, 3.05) is 14.2 Å². The molecular formula is C11H11O4. The number of carbonyl (C=O) groups is 2. The Balaban J connectivity index is 3.02. The predicted octanol–water partition coefficient (Wildman–Crippen LogP) is 0.955. The van der Waals surface area contributed by atoms with Crippen LogP contribution in [-0.2, 0) is 19.1 Å². The number of rotatable bonds is 3. The standard InChI is InChI=1S/C11H11O4/c1-14-10(12)9(11(13)15-2)8-6-4-3-5-7-8/h3-7H,1-2H3. The maximum absolute atomic E-state index is 11.4. The summed E-state index contributed by atoms with van der Waals surface area (Å²) in [6.45, 7) is 0. The second-order valence-electron chi connectivity index (χ2n) is 2.72. The maximum Gasteiger partial charge on any atom is 0.330 e. The fourth-order valence-corrected chi connectivity index (χ4v) is 1.13. The lowest BCUT2D eigenvalue weighted by atomic mass is 10.00. The van der Waals surface area contributed by atoms with Crippen molar-refractivity contribution in [1.29, 1.82) is 0 Å². The first-order valence-electron chi connectivity index (χ1n) is 4.29. The van der Waals surface area contributed by atoms with Crippen molar-refractivity contribution >= 4 is 11.9 Å². The van der Waals surface area contributed by atoms with Crippen molar-refractivity contribution in [1.82, 2.24) is 0 Å². The number of hydrogen-bond donors (Lipinski definition) is 0. The summed E-state index contributed by atoms with van der Waals surface area (Å²) in [5, 5.41) is 0. The summed E-state index contributed by atoms with van der Waals surface area (Å²) in [4.78, 5) is 22.7. The molecule has 0 aliphatic rings. The van der Waals surface area contributed by atoms with Crippen molar-refractivity contribution in [2.24, 2.45) is 0 Å². The highest BCUT2D eigenvalue weighted by Crippen LogP contribution is 2.17. The first-order chi connectivity index (χ1) is 7.20. The number of hydrogen-bond acceptors (Lipinski definition) is 4. The molecule has 0 atom stereocenters. The molecule has 0 saturated carbocycles. The van der Waals surface area contributed by atoms with E-state index in [2.05, 4.69) is 9.47 Å². The molecule has 0 amide bonds. The van der Waals surface area contributed by atoms with E-state index in [-0.39, 0.29) is 5.92 Å². The van der Waals surface area contributed by atoms with Gasteiger partial charge in [-0.2, -0.15) is 0 Å². The highest BCUT2D eigenvalue weighted by molar-refractivity contribution is 6.13. The van der Waals surface area contributed by atoms with Gasteiger partial charge in [-0.3, -0.25) is 9.59 Å². The zero-order valence-electron chi connectivity index (χ0n) is 8.52. The Morgan fingerprint density at radius 3 is 1.80 bits per heavy atom. The Morgan fingerprint density at radius 2 is 1.40 bits per heavy atom. The van der Waals surface area contributed by atoms with E-state index in [0.29, 0.717) is 5.56 Å². The molecule has 4 nitrogen and oxygen atoms in total. The van der Waals surface area contributed by atoms with E-state index in [1.165, 1.54) is 14.2 Å². The molecule has 0 spiro atoms. The molecule has 79 valence electrons. The molecule has 0 unspecified atom stereocenters. The molecule has 0 aromatic heterocycles. The number of benzene rings is 1. The minimum absolute atomic E-state index is 0.0967. The van der Waals surface area contributed by atoms with Gasteiger partial charge in [0.1, 0.15) is 0 Å². The molecule has 0 aliphatic carbocycles. The maximum atomic E-state index is 11.4. The third-order valence-corrected chi connectivity index (χ3v) is 1.84. The van der Waals surface area contributed by atoms with Gasteiger partial charge in [-0.25, -0.2) is 0 Å². The van der Waals surface area contributed by atoms with E-state index in [0.717, 1.165) is 0 Å². The van der Waals surface area contributed by atoms with Crippen molar-refractivity contribution in [3.8, 4) is 0 Å². The Bertz CT molecular complexity index is 329. The van der Waals surface area contributed by atoms with Gasteiger partial charge in [0.05, 0.1) is 14.2 Å². The molecule has 4 heteroatoms. The summed E-state index contributed by atoms with van der Waals surface area (Å²) in [5.41, 5.74) is 0.483. The van der Waals surface area contributed by atoms with Crippen LogP contribution in [0.5, 0.6) is 0 Å². The van der Waals surface area contributed by atoms with Crippen LogP contribution in [0, 0.1) is 5.92 Å². The molecule has 1 aromatic rings. The first kappa shape index (κ1) is 11.2. The van der Waals surface area contributed by atoms with Gasteiger partial charge in [0.2, 0.25) is 5.92 Å². The van der Waals surface area contributed by atoms with Gasteiger partial charge in [-0.15, -0.1) is 0 Å². The monoisotopic (exact) mass is 207 g/mol. The first-order valence-corrected chi connectivity index (χ1v) is 4.29. The lowest BCUT2D eigenvalue weighted by Gasteiger charge is -2.10. The molecule has 1 radical (unpaired) electrons. The quantitative estimate of drug-likeness (QED) is 0.547. The Hall–Kier alpha value is -1.84. The molecule has 0 saturated heterocycles. The number of esters is 2. The van der Waals surface area contributed by atoms with Crippen LogP contribution in [0.15, 0.2) is 30.3 Å². The Morgan fingerprint density at radius 1 is 0.933 bits per heavy atom. The highest BCUT2D eigenvalue weighted by Gasteiger charge is 2.31. The van der Waals surface area contributed by atoms with Crippen molar-refractivity contribution in [2.45, 2.75) is 0 Å². The van der Waals surface area contributed by atoms with Gasteiger partial charge in [-0.05, 0) is 5.56 Å².